The molecule has 0 aromatic heterocycles. The summed E-state index contributed by atoms with van der Waals surface area (Å²) < 4.78 is 0. The second-order valence-corrected chi connectivity index (χ2v) is 5.64. The Bertz CT molecular complexity index is 683. The van der Waals surface area contributed by atoms with Gasteiger partial charge in [-0.3, -0.25) is 0 Å². The van der Waals surface area contributed by atoms with E-state index >= 15 is 0 Å². The third-order valence-corrected chi connectivity index (χ3v) is 3.85. The van der Waals surface area contributed by atoms with Gasteiger partial charge in [-0.25, -0.2) is 0 Å². The summed E-state index contributed by atoms with van der Waals surface area (Å²) in [6.07, 6.45) is 8.58. The van der Waals surface area contributed by atoms with E-state index in [2.05, 4.69) is 103 Å². The van der Waals surface area contributed by atoms with E-state index in [1.807, 2.05) is 0 Å². The lowest BCUT2D eigenvalue weighted by atomic mass is 9.59. The fraction of sp³-hybridized carbons (Fsp3) is 0.100. The van der Waals surface area contributed by atoms with Crippen LogP contribution in [-0.2, 0) is 6.54 Å². The van der Waals surface area contributed by atoms with Gasteiger partial charge in [0.15, 0.2) is 0 Å². The Kier molecular flexibility index (Phi) is 4.60. The number of hydrogen-bond donors (Lipinski definition) is 0. The summed E-state index contributed by atoms with van der Waals surface area (Å²) in [6.45, 7) is 3.33. The molecule has 3 rings (SSSR count). The van der Waals surface area contributed by atoms with Crippen LogP contribution >= 0.6 is 0 Å². The number of benzene rings is 2. The van der Waals surface area contributed by atoms with E-state index in [-0.39, 0.29) is 0 Å². The summed E-state index contributed by atoms with van der Waals surface area (Å²) in [6, 6.07) is 19.2. The van der Waals surface area contributed by atoms with Gasteiger partial charge in [-0.2, -0.15) is 0 Å². The van der Waals surface area contributed by atoms with Gasteiger partial charge >= 0.3 is 6.85 Å². The average molecular weight is 285 g/mol. The number of nitrogens with zero attached hydrogens (tertiary/aromatic N) is 1. The van der Waals surface area contributed by atoms with Crippen LogP contribution < -0.4 is 0 Å². The van der Waals surface area contributed by atoms with Gasteiger partial charge < -0.3 is 4.81 Å². The smallest absolute Gasteiger partial charge is 0.308 e. The van der Waals surface area contributed by atoms with Crippen LogP contribution in [0.4, 0.5) is 0 Å². The molecule has 0 bridgehead atoms. The van der Waals surface area contributed by atoms with Crippen molar-refractivity contribution in [1.82, 2.24) is 4.81 Å². The topological polar surface area (TPSA) is 3.24 Å². The molecule has 1 nitrogen and oxygen atoms in total. The van der Waals surface area contributed by atoms with Crippen LogP contribution in [-0.4, -0.2) is 11.7 Å². The molecule has 2 aromatic rings. The highest BCUT2D eigenvalue weighted by atomic mass is 15.0. The first-order chi connectivity index (χ1) is 10.8. The molecule has 0 aliphatic carbocycles. The molecule has 0 N–H and O–H groups in total. The van der Waals surface area contributed by atoms with Gasteiger partial charge in [0.2, 0.25) is 0 Å². The largest absolute Gasteiger partial charge is 0.410 e. The molecule has 1 heterocycles. The Labute approximate surface area is 133 Å². The molecule has 22 heavy (non-hydrogen) atoms. The first-order valence-electron chi connectivity index (χ1n) is 7.71. The lowest BCUT2D eigenvalue weighted by molar-refractivity contribution is 0.577. The van der Waals surface area contributed by atoms with Gasteiger partial charge in [-0.1, -0.05) is 84.3 Å². The predicted octanol–water partition coefficient (Wildman–Crippen LogP) is 4.66. The van der Waals surface area contributed by atoms with Gasteiger partial charge in [0.1, 0.15) is 0 Å². The SMILES string of the molecule is Cc1ccc(/C=C/B2C=CC=CN2Cc2ccccc2)cc1. The van der Waals surface area contributed by atoms with E-state index in [9.17, 15) is 0 Å². The van der Waals surface area contributed by atoms with Crippen molar-refractivity contribution in [3.05, 3.63) is 102 Å². The zero-order valence-corrected chi connectivity index (χ0v) is 12.9. The Hall–Kier alpha value is -2.48. The molecule has 108 valence electrons. The Balaban J connectivity index is 1.72. The predicted molar refractivity (Wildman–Crippen MR) is 96.2 cm³/mol. The first-order valence-corrected chi connectivity index (χ1v) is 7.71. The molecule has 0 atom stereocenters. The summed E-state index contributed by atoms with van der Waals surface area (Å²) in [5, 5.41) is 0. The lowest BCUT2D eigenvalue weighted by Gasteiger charge is -2.26. The Morgan fingerprint density at radius 3 is 2.50 bits per heavy atom. The monoisotopic (exact) mass is 285 g/mol. The number of aryl methyl sites for hydroxylation is 1. The van der Waals surface area contributed by atoms with Crippen molar-refractivity contribution < 1.29 is 0 Å². The Morgan fingerprint density at radius 2 is 1.73 bits per heavy atom. The van der Waals surface area contributed by atoms with Gasteiger partial charge in [0.05, 0.1) is 0 Å². The summed E-state index contributed by atoms with van der Waals surface area (Å²) >= 11 is 0. The third-order valence-electron chi connectivity index (χ3n) is 3.85. The maximum atomic E-state index is 2.35. The first kappa shape index (κ1) is 14.5. The molecular formula is C20H20BN. The van der Waals surface area contributed by atoms with E-state index < -0.39 is 0 Å². The van der Waals surface area contributed by atoms with Crippen LogP contribution in [0, 0.1) is 6.92 Å². The van der Waals surface area contributed by atoms with Crippen molar-refractivity contribution in [1.29, 1.82) is 0 Å². The zero-order valence-electron chi connectivity index (χ0n) is 12.9. The molecule has 2 aromatic carbocycles. The number of allylic oxidation sites excluding steroid dienone is 2. The molecule has 0 saturated carbocycles. The van der Waals surface area contributed by atoms with Crippen molar-refractivity contribution in [3.8, 4) is 0 Å². The van der Waals surface area contributed by atoms with Crippen LogP contribution in [0.2, 0.25) is 0 Å². The second kappa shape index (κ2) is 6.99. The molecule has 0 spiro atoms. The molecule has 0 radical (unpaired) electrons. The van der Waals surface area contributed by atoms with E-state index in [0.717, 1.165) is 6.54 Å². The van der Waals surface area contributed by atoms with E-state index in [0.29, 0.717) is 6.85 Å². The van der Waals surface area contributed by atoms with E-state index in [4.69, 9.17) is 0 Å². The fourth-order valence-corrected chi connectivity index (χ4v) is 2.56. The van der Waals surface area contributed by atoms with E-state index in [1.165, 1.54) is 16.7 Å². The van der Waals surface area contributed by atoms with Gasteiger partial charge in [-0.15, -0.1) is 0 Å². The number of hydrogen-bond acceptors (Lipinski definition) is 1. The minimum Gasteiger partial charge on any atom is -0.410 e. The molecule has 1 aliphatic rings. The van der Waals surface area contributed by atoms with Gasteiger partial charge in [0, 0.05) is 6.54 Å². The van der Waals surface area contributed by atoms with Crippen LogP contribution in [0.1, 0.15) is 16.7 Å². The highest BCUT2D eigenvalue weighted by Crippen LogP contribution is 2.13. The average Bonchev–Trinajstić information content (AvgIpc) is 2.56. The van der Waals surface area contributed by atoms with E-state index in [1.54, 1.807) is 0 Å². The third kappa shape index (κ3) is 3.79. The highest BCUT2D eigenvalue weighted by Gasteiger charge is 2.16. The Morgan fingerprint density at radius 1 is 0.955 bits per heavy atom. The summed E-state index contributed by atoms with van der Waals surface area (Å²) in [5.74, 6) is 4.49. The van der Waals surface area contributed by atoms with Crippen molar-refractivity contribution >= 4 is 12.9 Å². The normalized spacial score (nSPS) is 14.0. The molecular weight excluding hydrogens is 265 g/mol. The molecule has 0 saturated heterocycles. The molecule has 0 unspecified atom stereocenters. The van der Waals surface area contributed by atoms with Crippen molar-refractivity contribution in [2.45, 2.75) is 13.5 Å². The molecule has 2 heteroatoms. The fourth-order valence-electron chi connectivity index (χ4n) is 2.56. The van der Waals surface area contributed by atoms with Crippen LogP contribution in [0.15, 0.2) is 84.9 Å². The summed E-state index contributed by atoms with van der Waals surface area (Å²) in [5.41, 5.74) is 3.87. The molecule has 1 aliphatic heterocycles. The maximum Gasteiger partial charge on any atom is 0.308 e. The van der Waals surface area contributed by atoms with Crippen LogP contribution in [0.3, 0.4) is 0 Å². The minimum absolute atomic E-state index is 0.298. The highest BCUT2D eigenvalue weighted by molar-refractivity contribution is 6.67. The zero-order chi connectivity index (χ0) is 15.2. The summed E-state index contributed by atoms with van der Waals surface area (Å²) in [4.78, 5) is 2.35. The quantitative estimate of drug-likeness (QED) is 0.738. The lowest BCUT2D eigenvalue weighted by Crippen LogP contribution is -2.33. The number of rotatable bonds is 4. The standard InChI is InChI=1S/C20H20BN/c1-18-9-11-19(12-10-18)13-15-21-14-5-6-16-22(21)17-20-7-3-2-4-8-20/h2-16H,17H2,1H3/b15-13+. The maximum absolute atomic E-state index is 2.35. The van der Waals surface area contributed by atoms with Crippen LogP contribution in [0.25, 0.3) is 6.08 Å². The minimum atomic E-state index is 0.298. The molecule has 0 fully saturated rings. The van der Waals surface area contributed by atoms with Gasteiger partial charge in [0.25, 0.3) is 0 Å². The second-order valence-electron chi connectivity index (χ2n) is 5.64. The van der Waals surface area contributed by atoms with Crippen molar-refractivity contribution in [2.75, 3.05) is 0 Å². The van der Waals surface area contributed by atoms with Crippen molar-refractivity contribution in [2.24, 2.45) is 0 Å². The summed E-state index contributed by atoms with van der Waals surface area (Å²) in [7, 11) is 0. The van der Waals surface area contributed by atoms with Crippen LogP contribution in [0.5, 0.6) is 0 Å². The molecule has 0 amide bonds. The van der Waals surface area contributed by atoms with Crippen molar-refractivity contribution in [3.63, 3.8) is 0 Å². The van der Waals surface area contributed by atoms with Gasteiger partial charge in [-0.05, 0) is 30.3 Å².